The van der Waals surface area contributed by atoms with Crippen LogP contribution in [0.4, 0.5) is 0 Å². The molecule has 104 valence electrons. The van der Waals surface area contributed by atoms with Crippen LogP contribution in [0, 0.1) is 18.3 Å². The minimum atomic E-state index is -0.0556. The maximum Gasteiger partial charge on any atom is 0.227 e. The number of fused-ring (bicyclic) bond motifs is 1. The molecule has 1 heterocycles. The quantitative estimate of drug-likeness (QED) is 0.927. The minimum absolute atomic E-state index is 0.0363. The Hall–Kier alpha value is -2.28. The summed E-state index contributed by atoms with van der Waals surface area (Å²) in [6, 6.07) is 8.21. The number of amides is 1. The Morgan fingerprint density at radius 2 is 2.25 bits per heavy atom. The number of aromatic nitrogens is 1. The molecule has 0 aliphatic carbocycles. The second-order valence-electron chi connectivity index (χ2n) is 5.26. The number of likely N-dealkylation sites (N-methyl/N-ethyl adjacent to an activating group) is 1. The van der Waals surface area contributed by atoms with Crippen molar-refractivity contribution < 1.29 is 4.79 Å². The molecule has 2 rings (SSSR count). The van der Waals surface area contributed by atoms with Gasteiger partial charge in [0.15, 0.2) is 0 Å². The summed E-state index contributed by atoms with van der Waals surface area (Å²) in [7, 11) is 1.75. The van der Waals surface area contributed by atoms with Gasteiger partial charge in [0, 0.05) is 30.2 Å². The minimum Gasteiger partial charge on any atom is -0.361 e. The Labute approximate surface area is 119 Å². The Balaban J connectivity index is 2.16. The molecule has 0 spiro atoms. The van der Waals surface area contributed by atoms with Gasteiger partial charge in [0.2, 0.25) is 5.91 Å². The molecule has 1 atom stereocenters. The van der Waals surface area contributed by atoms with E-state index in [4.69, 9.17) is 5.26 Å². The Morgan fingerprint density at radius 1 is 1.50 bits per heavy atom. The smallest absolute Gasteiger partial charge is 0.227 e. The Kier molecular flexibility index (Phi) is 4.09. The van der Waals surface area contributed by atoms with Crippen LogP contribution >= 0.6 is 0 Å². The van der Waals surface area contributed by atoms with Crippen molar-refractivity contribution in [2.45, 2.75) is 32.7 Å². The van der Waals surface area contributed by atoms with Crippen LogP contribution in [0.25, 0.3) is 10.9 Å². The summed E-state index contributed by atoms with van der Waals surface area (Å²) in [5.41, 5.74) is 3.25. The zero-order chi connectivity index (χ0) is 14.7. The van der Waals surface area contributed by atoms with E-state index in [9.17, 15) is 4.79 Å². The maximum absolute atomic E-state index is 12.2. The van der Waals surface area contributed by atoms with Crippen molar-refractivity contribution in [2.75, 3.05) is 7.05 Å². The van der Waals surface area contributed by atoms with E-state index >= 15 is 0 Å². The molecule has 4 heteroatoms. The Bertz CT molecular complexity index is 666. The van der Waals surface area contributed by atoms with Gasteiger partial charge in [-0.3, -0.25) is 4.79 Å². The molecule has 1 amide bonds. The van der Waals surface area contributed by atoms with E-state index in [1.54, 1.807) is 11.9 Å². The summed E-state index contributed by atoms with van der Waals surface area (Å²) in [6.45, 7) is 3.93. The fraction of sp³-hybridized carbons (Fsp3) is 0.375. The first kappa shape index (κ1) is 14.1. The molecule has 0 fully saturated rings. The van der Waals surface area contributed by atoms with E-state index < -0.39 is 0 Å². The summed E-state index contributed by atoms with van der Waals surface area (Å²) in [4.78, 5) is 17.1. The molecule has 1 N–H and O–H groups in total. The van der Waals surface area contributed by atoms with Gasteiger partial charge in [0.1, 0.15) is 0 Å². The van der Waals surface area contributed by atoms with E-state index in [-0.39, 0.29) is 11.9 Å². The fourth-order valence-corrected chi connectivity index (χ4v) is 2.25. The number of carbonyl (C=O) groups excluding carboxylic acids is 1. The van der Waals surface area contributed by atoms with Crippen molar-refractivity contribution >= 4 is 16.8 Å². The highest BCUT2D eigenvalue weighted by Gasteiger charge is 2.17. The lowest BCUT2D eigenvalue weighted by molar-refractivity contribution is -0.130. The third-order valence-corrected chi connectivity index (χ3v) is 3.71. The third kappa shape index (κ3) is 2.83. The first-order valence-corrected chi connectivity index (χ1v) is 6.72. The molecule has 20 heavy (non-hydrogen) atoms. The topological polar surface area (TPSA) is 59.9 Å². The summed E-state index contributed by atoms with van der Waals surface area (Å²) in [5, 5.41) is 9.79. The van der Waals surface area contributed by atoms with E-state index in [2.05, 4.69) is 17.1 Å². The van der Waals surface area contributed by atoms with Crippen LogP contribution in [0.3, 0.4) is 0 Å². The van der Waals surface area contributed by atoms with Crippen LogP contribution < -0.4 is 0 Å². The predicted molar refractivity (Wildman–Crippen MR) is 79.2 cm³/mol. The molecular weight excluding hydrogens is 250 g/mol. The molecular formula is C16H19N3O. The monoisotopic (exact) mass is 269 g/mol. The second kappa shape index (κ2) is 5.79. The summed E-state index contributed by atoms with van der Waals surface area (Å²) >= 11 is 0. The molecule has 0 saturated carbocycles. The van der Waals surface area contributed by atoms with Crippen LogP contribution in [-0.4, -0.2) is 28.9 Å². The highest BCUT2D eigenvalue weighted by Crippen LogP contribution is 2.20. The Morgan fingerprint density at radius 3 is 2.95 bits per heavy atom. The molecule has 0 aliphatic rings. The van der Waals surface area contributed by atoms with Gasteiger partial charge in [0.25, 0.3) is 0 Å². The largest absolute Gasteiger partial charge is 0.361 e. The lowest BCUT2D eigenvalue weighted by atomic mass is 10.1. The van der Waals surface area contributed by atoms with Crippen molar-refractivity contribution in [2.24, 2.45) is 0 Å². The number of nitrogens with one attached hydrogen (secondary N) is 1. The molecule has 0 aliphatic heterocycles. The number of nitrogens with zero attached hydrogens (tertiary/aromatic N) is 2. The van der Waals surface area contributed by atoms with Crippen LogP contribution in [0.1, 0.15) is 24.5 Å². The van der Waals surface area contributed by atoms with Crippen molar-refractivity contribution in [3.63, 3.8) is 0 Å². The van der Waals surface area contributed by atoms with Gasteiger partial charge in [-0.05, 0) is 31.0 Å². The molecule has 0 saturated heterocycles. The number of aryl methyl sites for hydroxylation is 1. The normalized spacial score (nSPS) is 12.1. The first-order chi connectivity index (χ1) is 9.52. The van der Waals surface area contributed by atoms with Gasteiger partial charge in [-0.25, -0.2) is 0 Å². The van der Waals surface area contributed by atoms with E-state index in [0.29, 0.717) is 12.8 Å². The number of carbonyl (C=O) groups is 1. The highest BCUT2D eigenvalue weighted by molar-refractivity contribution is 5.89. The number of hydrogen-bond donors (Lipinski definition) is 1. The van der Waals surface area contributed by atoms with Gasteiger partial charge in [-0.2, -0.15) is 5.26 Å². The molecule has 4 nitrogen and oxygen atoms in total. The van der Waals surface area contributed by atoms with Crippen molar-refractivity contribution in [3.8, 4) is 6.07 Å². The molecule has 1 aromatic heterocycles. The van der Waals surface area contributed by atoms with Crippen LogP contribution in [-0.2, 0) is 11.2 Å². The number of rotatable bonds is 4. The molecule has 0 unspecified atom stereocenters. The maximum atomic E-state index is 12.2. The number of benzene rings is 1. The lowest BCUT2D eigenvalue weighted by Gasteiger charge is -2.22. The molecule has 2 aromatic rings. The number of hydrogen-bond acceptors (Lipinski definition) is 2. The van der Waals surface area contributed by atoms with Crippen LogP contribution in [0.2, 0.25) is 0 Å². The van der Waals surface area contributed by atoms with Gasteiger partial charge >= 0.3 is 0 Å². The third-order valence-electron chi connectivity index (χ3n) is 3.71. The van der Waals surface area contributed by atoms with Gasteiger partial charge in [0.05, 0.1) is 18.9 Å². The molecule has 0 bridgehead atoms. The van der Waals surface area contributed by atoms with E-state index in [0.717, 1.165) is 16.5 Å². The second-order valence-corrected chi connectivity index (χ2v) is 5.26. The van der Waals surface area contributed by atoms with E-state index in [1.165, 1.54) is 5.56 Å². The van der Waals surface area contributed by atoms with E-state index in [1.807, 2.05) is 32.2 Å². The number of H-pyrrole nitrogens is 1. The number of aromatic amines is 1. The lowest BCUT2D eigenvalue weighted by Crippen LogP contribution is -2.35. The number of nitriles is 1. The summed E-state index contributed by atoms with van der Waals surface area (Å²) < 4.78 is 0. The van der Waals surface area contributed by atoms with Crippen molar-refractivity contribution in [3.05, 3.63) is 35.5 Å². The van der Waals surface area contributed by atoms with Crippen molar-refractivity contribution in [1.82, 2.24) is 9.88 Å². The van der Waals surface area contributed by atoms with Crippen molar-refractivity contribution in [1.29, 1.82) is 5.26 Å². The summed E-state index contributed by atoms with van der Waals surface area (Å²) in [6.07, 6.45) is 2.61. The summed E-state index contributed by atoms with van der Waals surface area (Å²) in [5.74, 6) is 0.0363. The van der Waals surface area contributed by atoms with Gasteiger partial charge < -0.3 is 9.88 Å². The van der Waals surface area contributed by atoms with Gasteiger partial charge in [-0.1, -0.05) is 12.1 Å². The first-order valence-electron chi connectivity index (χ1n) is 6.72. The fourth-order valence-electron chi connectivity index (χ4n) is 2.25. The molecule has 0 radical (unpaired) electrons. The van der Waals surface area contributed by atoms with Crippen LogP contribution in [0.15, 0.2) is 24.4 Å². The zero-order valence-electron chi connectivity index (χ0n) is 12.1. The average molecular weight is 269 g/mol. The zero-order valence-corrected chi connectivity index (χ0v) is 12.1. The SMILES string of the molecule is Cc1ccc2c(CC(=O)N(C)[C@H](C)CC#N)c[nH]c2c1. The van der Waals surface area contributed by atoms with Gasteiger partial charge in [-0.15, -0.1) is 0 Å². The average Bonchev–Trinajstić information content (AvgIpc) is 2.80. The van der Waals surface area contributed by atoms with Crippen LogP contribution in [0.5, 0.6) is 0 Å². The highest BCUT2D eigenvalue weighted by atomic mass is 16.2. The molecule has 1 aromatic carbocycles. The standard InChI is InChI=1S/C16H19N3O/c1-11-4-5-14-13(10-18-15(14)8-11)9-16(20)19(3)12(2)6-7-17/h4-5,8,10,12,18H,6,9H2,1-3H3/t12-/m1/s1. The predicted octanol–water partition coefficient (Wildman–Crippen LogP) is 2.78.